The molecule has 0 heterocycles. The van der Waals surface area contributed by atoms with Gasteiger partial charge in [0.1, 0.15) is 5.75 Å². The molecule has 0 spiro atoms. The number of ether oxygens (including phenoxy) is 1. The molecule has 54 valence electrons. The summed E-state index contributed by atoms with van der Waals surface area (Å²) < 4.78 is 16.2. The maximum Gasteiger partial charge on any atom is 0.228 e. The Labute approximate surface area is 59.4 Å². The molecule has 1 aromatic rings. The first-order valence-electron chi connectivity index (χ1n) is 3.08. The molecule has 0 fully saturated rings. The second kappa shape index (κ2) is 3.20. The van der Waals surface area contributed by atoms with Crippen LogP contribution in [0, 0.1) is 6.92 Å². The summed E-state index contributed by atoms with van der Waals surface area (Å²) in [6.07, 6.45) is 0. The van der Waals surface area contributed by atoms with Crippen LogP contribution in [0.1, 0.15) is 5.56 Å². The first-order valence-corrected chi connectivity index (χ1v) is 3.08. The SMILES string of the molecule is Cc1ccc(OCF)cc1. The van der Waals surface area contributed by atoms with Gasteiger partial charge in [0.2, 0.25) is 6.86 Å². The van der Waals surface area contributed by atoms with E-state index in [0.717, 1.165) is 5.56 Å². The number of benzene rings is 1. The van der Waals surface area contributed by atoms with Crippen LogP contribution in [0.25, 0.3) is 0 Å². The van der Waals surface area contributed by atoms with E-state index in [2.05, 4.69) is 4.74 Å². The van der Waals surface area contributed by atoms with Gasteiger partial charge in [0, 0.05) is 0 Å². The van der Waals surface area contributed by atoms with Crippen LogP contribution in [-0.2, 0) is 0 Å². The van der Waals surface area contributed by atoms with Gasteiger partial charge < -0.3 is 4.74 Å². The van der Waals surface area contributed by atoms with Crippen LogP contribution in [0.3, 0.4) is 0 Å². The molecular formula is C8H9FO. The molecule has 1 rings (SSSR count). The standard InChI is InChI=1S/C8H9FO/c1-7-2-4-8(5-3-7)10-6-9/h2-5H,6H2,1H3. The lowest BCUT2D eigenvalue weighted by Crippen LogP contribution is -1.88. The van der Waals surface area contributed by atoms with Gasteiger partial charge in [-0.05, 0) is 19.1 Å². The van der Waals surface area contributed by atoms with Crippen LogP contribution >= 0.6 is 0 Å². The molecule has 0 aliphatic heterocycles. The third-order valence-electron chi connectivity index (χ3n) is 1.24. The Balaban J connectivity index is 2.69. The molecule has 0 radical (unpaired) electrons. The lowest BCUT2D eigenvalue weighted by atomic mass is 10.2. The summed E-state index contributed by atoms with van der Waals surface area (Å²) in [4.78, 5) is 0. The smallest absolute Gasteiger partial charge is 0.228 e. The summed E-state index contributed by atoms with van der Waals surface area (Å²) in [5.41, 5.74) is 1.14. The summed E-state index contributed by atoms with van der Waals surface area (Å²) in [6.45, 7) is 1.21. The molecule has 0 saturated heterocycles. The van der Waals surface area contributed by atoms with Crippen molar-refractivity contribution in [3.05, 3.63) is 29.8 Å². The zero-order valence-electron chi connectivity index (χ0n) is 5.80. The van der Waals surface area contributed by atoms with Crippen molar-refractivity contribution in [2.45, 2.75) is 6.92 Å². The minimum Gasteiger partial charge on any atom is -0.463 e. The predicted octanol–water partition coefficient (Wildman–Crippen LogP) is 2.30. The zero-order chi connectivity index (χ0) is 7.40. The minimum absolute atomic E-state index is 0.577. The Bertz CT molecular complexity index is 193. The number of hydrogen-bond acceptors (Lipinski definition) is 1. The fourth-order valence-electron chi connectivity index (χ4n) is 0.697. The van der Waals surface area contributed by atoms with Crippen LogP contribution in [0.5, 0.6) is 5.75 Å². The maximum atomic E-state index is 11.6. The van der Waals surface area contributed by atoms with Crippen LogP contribution in [-0.4, -0.2) is 6.86 Å². The summed E-state index contributed by atoms with van der Waals surface area (Å²) in [7, 11) is 0. The van der Waals surface area contributed by atoms with E-state index in [4.69, 9.17) is 0 Å². The van der Waals surface area contributed by atoms with Crippen molar-refractivity contribution in [3.63, 3.8) is 0 Å². The van der Waals surface area contributed by atoms with Gasteiger partial charge in [0.05, 0.1) is 0 Å². The predicted molar refractivity (Wildman–Crippen MR) is 37.8 cm³/mol. The van der Waals surface area contributed by atoms with E-state index in [9.17, 15) is 4.39 Å². The quantitative estimate of drug-likeness (QED) is 0.612. The Morgan fingerprint density at radius 1 is 1.30 bits per heavy atom. The van der Waals surface area contributed by atoms with Crippen molar-refractivity contribution in [1.82, 2.24) is 0 Å². The van der Waals surface area contributed by atoms with Crippen LogP contribution in [0.2, 0.25) is 0 Å². The molecule has 0 N–H and O–H groups in total. The minimum atomic E-state index is -0.761. The van der Waals surface area contributed by atoms with Crippen molar-refractivity contribution >= 4 is 0 Å². The molecular weight excluding hydrogens is 131 g/mol. The van der Waals surface area contributed by atoms with Crippen LogP contribution in [0.15, 0.2) is 24.3 Å². The van der Waals surface area contributed by atoms with Gasteiger partial charge in [-0.1, -0.05) is 17.7 Å². The Hall–Kier alpha value is -1.05. The van der Waals surface area contributed by atoms with E-state index in [1.807, 2.05) is 19.1 Å². The molecule has 0 aliphatic rings. The summed E-state index contributed by atoms with van der Waals surface area (Å²) in [5.74, 6) is 0.577. The highest BCUT2D eigenvalue weighted by Crippen LogP contribution is 2.10. The lowest BCUT2D eigenvalue weighted by molar-refractivity contribution is 0.192. The topological polar surface area (TPSA) is 9.23 Å². The fraction of sp³-hybridized carbons (Fsp3) is 0.250. The highest BCUT2D eigenvalue weighted by Gasteiger charge is 1.89. The zero-order valence-corrected chi connectivity index (χ0v) is 5.80. The van der Waals surface area contributed by atoms with Crippen molar-refractivity contribution in [2.75, 3.05) is 6.86 Å². The summed E-state index contributed by atoms with van der Waals surface area (Å²) in [5, 5.41) is 0. The summed E-state index contributed by atoms with van der Waals surface area (Å²) in [6, 6.07) is 7.25. The molecule has 0 aromatic heterocycles. The van der Waals surface area contributed by atoms with Crippen molar-refractivity contribution in [3.8, 4) is 5.75 Å². The Kier molecular flexibility index (Phi) is 2.26. The molecule has 0 unspecified atom stereocenters. The van der Waals surface area contributed by atoms with Gasteiger partial charge in [-0.3, -0.25) is 0 Å². The number of hydrogen-bond donors (Lipinski definition) is 0. The Morgan fingerprint density at radius 2 is 1.90 bits per heavy atom. The lowest BCUT2D eigenvalue weighted by Gasteiger charge is -1.99. The van der Waals surface area contributed by atoms with E-state index < -0.39 is 6.86 Å². The van der Waals surface area contributed by atoms with Crippen molar-refractivity contribution in [2.24, 2.45) is 0 Å². The second-order valence-corrected chi connectivity index (χ2v) is 2.07. The van der Waals surface area contributed by atoms with Gasteiger partial charge >= 0.3 is 0 Å². The number of alkyl halides is 1. The Morgan fingerprint density at radius 3 is 2.40 bits per heavy atom. The van der Waals surface area contributed by atoms with E-state index in [0.29, 0.717) is 5.75 Å². The van der Waals surface area contributed by atoms with Gasteiger partial charge in [0.25, 0.3) is 0 Å². The third-order valence-corrected chi connectivity index (χ3v) is 1.24. The van der Waals surface area contributed by atoms with Crippen LogP contribution in [0.4, 0.5) is 4.39 Å². The van der Waals surface area contributed by atoms with Gasteiger partial charge in [-0.15, -0.1) is 0 Å². The first kappa shape index (κ1) is 7.06. The van der Waals surface area contributed by atoms with Gasteiger partial charge in [0.15, 0.2) is 0 Å². The number of rotatable bonds is 2. The average Bonchev–Trinajstić information content (AvgIpc) is 1.95. The molecule has 1 nitrogen and oxygen atoms in total. The van der Waals surface area contributed by atoms with Crippen molar-refractivity contribution in [1.29, 1.82) is 0 Å². The van der Waals surface area contributed by atoms with Gasteiger partial charge in [-0.25, -0.2) is 4.39 Å². The number of halogens is 1. The molecule has 0 bridgehead atoms. The summed E-state index contributed by atoms with van der Waals surface area (Å²) >= 11 is 0. The van der Waals surface area contributed by atoms with E-state index >= 15 is 0 Å². The molecule has 0 aliphatic carbocycles. The molecule has 1 aromatic carbocycles. The second-order valence-electron chi connectivity index (χ2n) is 2.07. The largest absolute Gasteiger partial charge is 0.463 e. The molecule has 0 amide bonds. The van der Waals surface area contributed by atoms with Crippen LogP contribution < -0.4 is 4.74 Å². The molecule has 10 heavy (non-hydrogen) atoms. The molecule has 2 heteroatoms. The van der Waals surface area contributed by atoms with E-state index in [-0.39, 0.29) is 0 Å². The maximum absolute atomic E-state index is 11.6. The van der Waals surface area contributed by atoms with E-state index in [1.165, 1.54) is 0 Å². The fourth-order valence-corrected chi connectivity index (χ4v) is 0.697. The molecule has 0 saturated carbocycles. The average molecular weight is 140 g/mol. The normalized spacial score (nSPS) is 9.40. The monoisotopic (exact) mass is 140 g/mol. The highest BCUT2D eigenvalue weighted by molar-refractivity contribution is 5.25. The highest BCUT2D eigenvalue weighted by atomic mass is 19.1. The van der Waals surface area contributed by atoms with Crippen molar-refractivity contribution < 1.29 is 9.13 Å². The van der Waals surface area contributed by atoms with E-state index in [1.54, 1.807) is 12.1 Å². The third kappa shape index (κ3) is 1.72. The molecule has 0 atom stereocenters. The van der Waals surface area contributed by atoms with Gasteiger partial charge in [-0.2, -0.15) is 0 Å². The number of aryl methyl sites for hydroxylation is 1. The first-order chi connectivity index (χ1) is 4.83.